The van der Waals surface area contributed by atoms with Crippen molar-refractivity contribution in [1.29, 1.82) is 0 Å². The van der Waals surface area contributed by atoms with Crippen LogP contribution in [0.15, 0.2) is 36.4 Å². The maximum Gasteiger partial charge on any atom is 0.338 e. The quantitative estimate of drug-likeness (QED) is 0.723. The van der Waals surface area contributed by atoms with Crippen LogP contribution < -0.4 is 14.8 Å². The molecule has 0 unspecified atom stereocenters. The molecule has 0 aliphatic heterocycles. The predicted octanol–water partition coefficient (Wildman–Crippen LogP) is 3.48. The van der Waals surface area contributed by atoms with Gasteiger partial charge in [-0.25, -0.2) is 4.79 Å². The van der Waals surface area contributed by atoms with E-state index in [2.05, 4.69) is 5.32 Å². The summed E-state index contributed by atoms with van der Waals surface area (Å²) in [4.78, 5) is 23.9. The number of ether oxygens (including phenoxy) is 3. The summed E-state index contributed by atoms with van der Waals surface area (Å²) >= 11 is 12.0. The third kappa shape index (κ3) is 5.03. The Morgan fingerprint density at radius 1 is 1.04 bits per heavy atom. The van der Waals surface area contributed by atoms with E-state index in [1.54, 1.807) is 13.2 Å². The summed E-state index contributed by atoms with van der Waals surface area (Å²) < 4.78 is 15.2. The van der Waals surface area contributed by atoms with Crippen LogP contribution in [0.1, 0.15) is 15.9 Å². The van der Waals surface area contributed by atoms with Crippen LogP contribution in [-0.2, 0) is 16.1 Å². The summed E-state index contributed by atoms with van der Waals surface area (Å²) in [6, 6.07) is 10.0. The summed E-state index contributed by atoms with van der Waals surface area (Å²) in [6.45, 7) is -0.185. The monoisotopic (exact) mass is 397 g/mol. The molecule has 0 aromatic heterocycles. The van der Waals surface area contributed by atoms with Gasteiger partial charge in [-0.3, -0.25) is 4.79 Å². The number of benzene rings is 2. The molecule has 8 heteroatoms. The van der Waals surface area contributed by atoms with E-state index in [1.807, 2.05) is 18.2 Å². The van der Waals surface area contributed by atoms with E-state index in [9.17, 15) is 9.59 Å². The van der Waals surface area contributed by atoms with Crippen molar-refractivity contribution in [2.45, 2.75) is 6.54 Å². The molecule has 0 aliphatic carbocycles. The molecule has 0 radical (unpaired) electrons. The first-order chi connectivity index (χ1) is 12.5. The predicted molar refractivity (Wildman–Crippen MR) is 98.1 cm³/mol. The van der Waals surface area contributed by atoms with Crippen molar-refractivity contribution in [1.82, 2.24) is 5.32 Å². The lowest BCUT2D eigenvalue weighted by atomic mass is 10.2. The molecule has 2 aromatic rings. The second-order valence-electron chi connectivity index (χ2n) is 5.14. The lowest BCUT2D eigenvalue weighted by Gasteiger charge is -2.11. The van der Waals surface area contributed by atoms with Crippen LogP contribution in [0.3, 0.4) is 0 Å². The van der Waals surface area contributed by atoms with Crippen molar-refractivity contribution in [2.75, 3.05) is 20.8 Å². The maximum absolute atomic E-state index is 12.0. The lowest BCUT2D eigenvalue weighted by molar-refractivity contribution is -0.124. The zero-order chi connectivity index (χ0) is 19.1. The van der Waals surface area contributed by atoms with Crippen molar-refractivity contribution in [3.05, 3.63) is 57.6 Å². The highest BCUT2D eigenvalue weighted by Gasteiger charge is 2.16. The van der Waals surface area contributed by atoms with Gasteiger partial charge in [0.15, 0.2) is 12.4 Å². The first-order valence-electron chi connectivity index (χ1n) is 7.55. The van der Waals surface area contributed by atoms with Gasteiger partial charge in [-0.2, -0.15) is 0 Å². The van der Waals surface area contributed by atoms with Gasteiger partial charge in [0, 0.05) is 12.1 Å². The van der Waals surface area contributed by atoms with Crippen LogP contribution in [0, 0.1) is 0 Å². The van der Waals surface area contributed by atoms with Crippen molar-refractivity contribution in [3.63, 3.8) is 0 Å². The fourth-order valence-corrected chi connectivity index (χ4v) is 2.82. The molecule has 0 spiro atoms. The molecule has 0 bridgehead atoms. The topological polar surface area (TPSA) is 73.9 Å². The smallest absolute Gasteiger partial charge is 0.338 e. The third-order valence-electron chi connectivity index (χ3n) is 3.44. The number of carbonyl (C=O) groups is 2. The third-order valence-corrected chi connectivity index (χ3v) is 4.00. The molecule has 6 nitrogen and oxygen atoms in total. The Morgan fingerprint density at radius 3 is 2.31 bits per heavy atom. The Bertz CT molecular complexity index is 787. The van der Waals surface area contributed by atoms with Crippen LogP contribution in [0.2, 0.25) is 10.0 Å². The van der Waals surface area contributed by atoms with Gasteiger partial charge >= 0.3 is 5.97 Å². The van der Waals surface area contributed by atoms with E-state index in [0.717, 1.165) is 5.56 Å². The summed E-state index contributed by atoms with van der Waals surface area (Å²) in [5, 5.41) is 3.00. The number of para-hydroxylation sites is 1. The molecule has 26 heavy (non-hydrogen) atoms. The molecule has 0 heterocycles. The van der Waals surface area contributed by atoms with Gasteiger partial charge in [0.05, 0.1) is 29.8 Å². The highest BCUT2D eigenvalue weighted by atomic mass is 35.5. The van der Waals surface area contributed by atoms with E-state index in [1.165, 1.54) is 19.2 Å². The van der Waals surface area contributed by atoms with Crippen LogP contribution in [0.4, 0.5) is 0 Å². The second kappa shape index (κ2) is 9.31. The van der Waals surface area contributed by atoms with Gasteiger partial charge in [-0.1, -0.05) is 41.4 Å². The number of rotatable bonds is 7. The van der Waals surface area contributed by atoms with Crippen molar-refractivity contribution in [3.8, 4) is 11.5 Å². The van der Waals surface area contributed by atoms with E-state index in [0.29, 0.717) is 5.75 Å². The minimum Gasteiger partial charge on any atom is -0.496 e. The fourth-order valence-electron chi connectivity index (χ4n) is 2.18. The maximum atomic E-state index is 12.0. The Kier molecular flexibility index (Phi) is 7.12. The van der Waals surface area contributed by atoms with Gasteiger partial charge < -0.3 is 19.5 Å². The highest BCUT2D eigenvalue weighted by molar-refractivity contribution is 6.37. The fraction of sp³-hybridized carbons (Fsp3) is 0.222. The summed E-state index contributed by atoms with van der Waals surface area (Å²) in [7, 11) is 2.96. The molecule has 2 aromatic carbocycles. The Labute approximate surface area is 160 Å². The molecule has 0 saturated heterocycles. The molecule has 2 rings (SSSR count). The Balaban J connectivity index is 1.90. The molecule has 0 fully saturated rings. The summed E-state index contributed by atoms with van der Waals surface area (Å²) in [5.41, 5.74) is 0.932. The van der Waals surface area contributed by atoms with Crippen molar-refractivity contribution < 1.29 is 23.8 Å². The molecule has 138 valence electrons. The Hall–Kier alpha value is -2.44. The summed E-state index contributed by atoms with van der Waals surface area (Å²) in [6.07, 6.45) is 0. The van der Waals surface area contributed by atoms with E-state index < -0.39 is 18.5 Å². The summed E-state index contributed by atoms with van der Waals surface area (Å²) in [5.74, 6) is -0.245. The number of amides is 1. The van der Waals surface area contributed by atoms with E-state index in [-0.39, 0.29) is 27.9 Å². The van der Waals surface area contributed by atoms with Gasteiger partial charge in [-0.05, 0) is 18.2 Å². The number of hydrogen-bond donors (Lipinski definition) is 1. The molecule has 1 N–H and O–H groups in total. The number of carbonyl (C=O) groups excluding carboxylic acids is 2. The zero-order valence-electron chi connectivity index (χ0n) is 14.2. The zero-order valence-corrected chi connectivity index (χ0v) is 15.7. The normalized spacial score (nSPS) is 10.2. The Morgan fingerprint density at radius 2 is 1.69 bits per heavy atom. The average Bonchev–Trinajstić information content (AvgIpc) is 2.64. The molecule has 0 saturated carbocycles. The lowest BCUT2D eigenvalue weighted by Crippen LogP contribution is -2.28. The van der Waals surface area contributed by atoms with Gasteiger partial charge in [0.25, 0.3) is 5.91 Å². The minimum absolute atomic E-state index is 0.123. The largest absolute Gasteiger partial charge is 0.496 e. The van der Waals surface area contributed by atoms with Gasteiger partial charge in [0.2, 0.25) is 0 Å². The molecular weight excluding hydrogens is 381 g/mol. The number of hydrogen-bond acceptors (Lipinski definition) is 5. The minimum atomic E-state index is -0.719. The van der Waals surface area contributed by atoms with Gasteiger partial charge in [-0.15, -0.1) is 0 Å². The SMILES string of the molecule is COc1ccccc1CNC(=O)COC(=O)c1cc(Cl)c(OC)c(Cl)c1. The molecule has 0 aliphatic rings. The average molecular weight is 398 g/mol. The first kappa shape index (κ1) is 19.9. The number of esters is 1. The first-order valence-corrected chi connectivity index (χ1v) is 8.30. The number of methoxy groups -OCH3 is 2. The molecular formula is C18H17Cl2NO5. The second-order valence-corrected chi connectivity index (χ2v) is 5.95. The van der Waals surface area contributed by atoms with Crippen molar-refractivity contribution in [2.24, 2.45) is 0 Å². The van der Waals surface area contributed by atoms with Crippen LogP contribution in [0.25, 0.3) is 0 Å². The standard InChI is InChI=1S/C18H17Cl2NO5/c1-24-15-6-4-3-5-11(15)9-21-16(22)10-26-18(23)12-7-13(19)17(25-2)14(20)8-12/h3-8H,9-10H2,1-2H3,(H,21,22). The van der Waals surface area contributed by atoms with Gasteiger partial charge in [0.1, 0.15) is 5.75 Å². The molecule has 0 atom stereocenters. The van der Waals surface area contributed by atoms with Crippen LogP contribution >= 0.6 is 23.2 Å². The van der Waals surface area contributed by atoms with E-state index >= 15 is 0 Å². The number of nitrogens with one attached hydrogen (secondary N) is 1. The van der Waals surface area contributed by atoms with Crippen LogP contribution in [0.5, 0.6) is 11.5 Å². The number of halogens is 2. The van der Waals surface area contributed by atoms with Crippen LogP contribution in [-0.4, -0.2) is 32.7 Å². The van der Waals surface area contributed by atoms with E-state index in [4.69, 9.17) is 37.4 Å². The highest BCUT2D eigenvalue weighted by Crippen LogP contribution is 2.33. The molecule has 1 amide bonds. The van der Waals surface area contributed by atoms with Crippen molar-refractivity contribution >= 4 is 35.1 Å².